The van der Waals surface area contributed by atoms with E-state index in [0.29, 0.717) is 0 Å². The van der Waals surface area contributed by atoms with Gasteiger partial charge in [-0.15, -0.1) is 0 Å². The Hall–Kier alpha value is -1.28. The molecule has 0 aliphatic heterocycles. The van der Waals surface area contributed by atoms with Crippen LogP contribution < -0.4 is 5.32 Å². The van der Waals surface area contributed by atoms with Gasteiger partial charge in [-0.3, -0.25) is 19.7 Å². The first-order valence-corrected chi connectivity index (χ1v) is 5.53. The first-order chi connectivity index (χ1) is 7.92. The van der Waals surface area contributed by atoms with Crippen molar-refractivity contribution in [1.29, 1.82) is 0 Å². The van der Waals surface area contributed by atoms with E-state index in [1.54, 1.807) is 6.92 Å². The number of aliphatic carboxylic acids is 2. The number of esters is 1. The molecule has 0 saturated carbocycles. The van der Waals surface area contributed by atoms with Gasteiger partial charge >= 0.3 is 17.9 Å². The lowest BCUT2D eigenvalue weighted by Crippen LogP contribution is -2.49. The van der Waals surface area contributed by atoms with Crippen molar-refractivity contribution in [2.24, 2.45) is 0 Å². The van der Waals surface area contributed by atoms with E-state index in [4.69, 9.17) is 10.2 Å². The molecule has 2 atom stereocenters. The molecule has 0 rings (SSSR count). The van der Waals surface area contributed by atoms with Crippen LogP contribution in [0.3, 0.4) is 0 Å². The highest BCUT2D eigenvalue weighted by molar-refractivity contribution is 7.80. The largest absolute Gasteiger partial charge is 0.481 e. The molecular weight excluding hydrogens is 250 g/mol. The highest BCUT2D eigenvalue weighted by atomic mass is 32.1. The summed E-state index contributed by atoms with van der Waals surface area (Å²) in [6.07, 6.45) is -0.626. The van der Waals surface area contributed by atoms with Crippen LogP contribution in [0.2, 0.25) is 0 Å². The molecule has 7 nitrogen and oxygen atoms in total. The molecule has 0 fully saturated rings. The quantitative estimate of drug-likeness (QED) is 0.341. The van der Waals surface area contributed by atoms with Crippen LogP contribution in [0.5, 0.6) is 0 Å². The second-order valence-electron chi connectivity index (χ2n) is 3.14. The molecule has 0 amide bonds. The first-order valence-electron chi connectivity index (χ1n) is 4.90. The molecule has 8 heteroatoms. The minimum Gasteiger partial charge on any atom is -0.481 e. The summed E-state index contributed by atoms with van der Waals surface area (Å²) < 4.78 is 4.69. The standard InChI is InChI=1S/C9H15NO6S/c1-2-16-9(15)6(4-17)10-5(8(13)14)3-7(11)12/h5-6,10,17H,2-4H2,1H3,(H,11,12)(H,13,14)/t5-,6?/m0/s1. The number of hydrogen-bond acceptors (Lipinski definition) is 6. The fraction of sp³-hybridized carbons (Fsp3) is 0.667. The third kappa shape index (κ3) is 6.12. The third-order valence-corrected chi connectivity index (χ3v) is 2.20. The fourth-order valence-corrected chi connectivity index (χ4v) is 1.33. The maximum absolute atomic E-state index is 11.3. The zero-order valence-electron chi connectivity index (χ0n) is 9.25. The molecule has 98 valence electrons. The number of rotatable bonds is 8. The molecule has 3 N–H and O–H groups in total. The van der Waals surface area contributed by atoms with Gasteiger partial charge in [0.15, 0.2) is 0 Å². The summed E-state index contributed by atoms with van der Waals surface area (Å²) in [4.78, 5) is 32.5. The zero-order valence-corrected chi connectivity index (χ0v) is 10.1. The number of hydrogen-bond donors (Lipinski definition) is 4. The number of ether oxygens (including phenoxy) is 1. The molecule has 0 aromatic carbocycles. The van der Waals surface area contributed by atoms with E-state index in [0.717, 1.165) is 0 Å². The van der Waals surface area contributed by atoms with Gasteiger partial charge in [0, 0.05) is 5.75 Å². The Morgan fingerprint density at radius 3 is 2.24 bits per heavy atom. The van der Waals surface area contributed by atoms with Crippen LogP contribution in [0.1, 0.15) is 13.3 Å². The Balaban J connectivity index is 4.53. The minimum absolute atomic E-state index is 0.0161. The van der Waals surface area contributed by atoms with Gasteiger partial charge in [-0.1, -0.05) is 0 Å². The number of carboxylic acid groups (broad SMARTS) is 2. The van der Waals surface area contributed by atoms with Crippen molar-refractivity contribution >= 4 is 30.5 Å². The van der Waals surface area contributed by atoms with E-state index in [-0.39, 0.29) is 12.4 Å². The molecule has 17 heavy (non-hydrogen) atoms. The van der Waals surface area contributed by atoms with Crippen molar-refractivity contribution in [1.82, 2.24) is 5.32 Å². The average Bonchev–Trinajstić information content (AvgIpc) is 2.23. The van der Waals surface area contributed by atoms with E-state index < -0.39 is 36.4 Å². The highest BCUT2D eigenvalue weighted by Gasteiger charge is 2.27. The third-order valence-electron chi connectivity index (χ3n) is 1.83. The topological polar surface area (TPSA) is 113 Å². The summed E-state index contributed by atoms with van der Waals surface area (Å²) in [5.74, 6) is -3.25. The molecule has 0 heterocycles. The molecular formula is C9H15NO6S. The summed E-state index contributed by atoms with van der Waals surface area (Å²) in [6.45, 7) is 1.76. The van der Waals surface area contributed by atoms with Crippen molar-refractivity contribution in [3.63, 3.8) is 0 Å². The average molecular weight is 265 g/mol. The van der Waals surface area contributed by atoms with Crippen LogP contribution >= 0.6 is 12.6 Å². The van der Waals surface area contributed by atoms with E-state index in [9.17, 15) is 14.4 Å². The second-order valence-corrected chi connectivity index (χ2v) is 3.51. The Morgan fingerprint density at radius 2 is 1.88 bits per heavy atom. The molecule has 0 aromatic rings. The van der Waals surface area contributed by atoms with E-state index in [1.165, 1.54) is 0 Å². The summed E-state index contributed by atoms with van der Waals surface area (Å²) in [5, 5.41) is 19.7. The van der Waals surface area contributed by atoms with E-state index in [1.807, 2.05) is 0 Å². The lowest BCUT2D eigenvalue weighted by Gasteiger charge is -2.19. The van der Waals surface area contributed by atoms with E-state index in [2.05, 4.69) is 22.7 Å². The van der Waals surface area contributed by atoms with Crippen LogP contribution in [-0.2, 0) is 19.1 Å². The Bertz CT molecular complexity index is 295. The van der Waals surface area contributed by atoms with Crippen LogP contribution in [0.4, 0.5) is 0 Å². The van der Waals surface area contributed by atoms with Gasteiger partial charge in [0.1, 0.15) is 12.1 Å². The first kappa shape index (κ1) is 15.7. The SMILES string of the molecule is CCOC(=O)C(CS)N[C@@H](CC(=O)O)C(=O)O. The summed E-state index contributed by atoms with van der Waals surface area (Å²) in [6, 6.07) is -2.30. The Labute approximate surface area is 104 Å². The molecule has 0 saturated heterocycles. The number of nitrogens with one attached hydrogen (secondary N) is 1. The van der Waals surface area contributed by atoms with E-state index >= 15 is 0 Å². The van der Waals surface area contributed by atoms with Gasteiger partial charge in [-0.25, -0.2) is 0 Å². The fourth-order valence-electron chi connectivity index (χ4n) is 1.07. The van der Waals surface area contributed by atoms with Crippen molar-refractivity contribution in [2.45, 2.75) is 25.4 Å². The van der Waals surface area contributed by atoms with Crippen molar-refractivity contribution < 1.29 is 29.3 Å². The molecule has 0 aromatic heterocycles. The maximum Gasteiger partial charge on any atom is 0.323 e. The van der Waals surface area contributed by atoms with Crippen LogP contribution in [0, 0.1) is 0 Å². The summed E-state index contributed by atoms with van der Waals surface area (Å²) in [5.41, 5.74) is 0. The van der Waals surface area contributed by atoms with Gasteiger partial charge in [-0.2, -0.15) is 12.6 Å². The van der Waals surface area contributed by atoms with Gasteiger partial charge in [-0.05, 0) is 6.92 Å². The number of thiol groups is 1. The monoisotopic (exact) mass is 265 g/mol. The Kier molecular flexibility index (Phi) is 7.31. The Morgan fingerprint density at radius 1 is 1.29 bits per heavy atom. The summed E-state index contributed by atoms with van der Waals surface area (Å²) in [7, 11) is 0. The van der Waals surface area contributed by atoms with Gasteiger partial charge in [0.2, 0.25) is 0 Å². The lowest BCUT2D eigenvalue weighted by molar-refractivity contribution is -0.149. The molecule has 1 unspecified atom stereocenters. The zero-order chi connectivity index (χ0) is 13.4. The molecule has 0 radical (unpaired) electrons. The van der Waals surface area contributed by atoms with Gasteiger partial charge < -0.3 is 14.9 Å². The lowest BCUT2D eigenvalue weighted by atomic mass is 10.2. The predicted molar refractivity (Wildman–Crippen MR) is 61.1 cm³/mol. The highest BCUT2D eigenvalue weighted by Crippen LogP contribution is 2.00. The van der Waals surface area contributed by atoms with Crippen molar-refractivity contribution in [3.8, 4) is 0 Å². The number of carbonyl (C=O) groups excluding carboxylic acids is 1. The maximum atomic E-state index is 11.3. The predicted octanol–water partition coefficient (Wildman–Crippen LogP) is -0.635. The second kappa shape index (κ2) is 7.91. The molecule has 0 aliphatic carbocycles. The van der Waals surface area contributed by atoms with Crippen LogP contribution in [-0.4, -0.2) is 52.6 Å². The van der Waals surface area contributed by atoms with Gasteiger partial charge in [0.25, 0.3) is 0 Å². The number of carbonyl (C=O) groups is 3. The van der Waals surface area contributed by atoms with Crippen LogP contribution in [0.25, 0.3) is 0 Å². The van der Waals surface area contributed by atoms with Gasteiger partial charge in [0.05, 0.1) is 13.0 Å². The normalized spacial score (nSPS) is 13.8. The molecule has 0 aliphatic rings. The van der Waals surface area contributed by atoms with Crippen molar-refractivity contribution in [3.05, 3.63) is 0 Å². The minimum atomic E-state index is -1.35. The number of carboxylic acids is 2. The molecule has 0 spiro atoms. The van der Waals surface area contributed by atoms with Crippen molar-refractivity contribution in [2.75, 3.05) is 12.4 Å². The summed E-state index contributed by atoms with van der Waals surface area (Å²) >= 11 is 3.88. The van der Waals surface area contributed by atoms with Crippen LogP contribution in [0.15, 0.2) is 0 Å². The smallest absolute Gasteiger partial charge is 0.323 e. The molecule has 0 bridgehead atoms.